The van der Waals surface area contributed by atoms with Gasteiger partial charge in [-0.25, -0.2) is 0 Å². The van der Waals surface area contributed by atoms with Crippen molar-refractivity contribution in [2.45, 2.75) is 11.1 Å². The van der Waals surface area contributed by atoms with Crippen LogP contribution in [0.2, 0.25) is 0 Å². The number of hydrogen-bond acceptors (Lipinski definition) is 2. The summed E-state index contributed by atoms with van der Waals surface area (Å²) >= 11 is 0. The fourth-order valence-electron chi connectivity index (χ4n) is 4.80. The van der Waals surface area contributed by atoms with Crippen LogP contribution in [0.4, 0.5) is 0 Å². The van der Waals surface area contributed by atoms with Gasteiger partial charge in [0.2, 0.25) is 0 Å². The van der Waals surface area contributed by atoms with Gasteiger partial charge in [-0.3, -0.25) is 0 Å². The first-order valence-electron chi connectivity index (χ1n) is 11.9. The van der Waals surface area contributed by atoms with Crippen LogP contribution in [0.3, 0.4) is 0 Å². The summed E-state index contributed by atoms with van der Waals surface area (Å²) < 4.78 is 0. The summed E-state index contributed by atoms with van der Waals surface area (Å²) in [6.07, 6.45) is 1.76. The maximum absolute atomic E-state index is 3.92. The van der Waals surface area contributed by atoms with Gasteiger partial charge in [0.05, 0.1) is 11.1 Å². The zero-order valence-electron chi connectivity index (χ0n) is 19.5. The Bertz CT molecular complexity index is 948. The molecule has 2 N–H and O–H groups in total. The predicted octanol–water partition coefficient (Wildman–Crippen LogP) is 5.80. The van der Waals surface area contributed by atoms with Gasteiger partial charge in [-0.1, -0.05) is 121 Å². The molecule has 4 aromatic carbocycles. The Kier molecular flexibility index (Phi) is 8.65. The van der Waals surface area contributed by atoms with Crippen LogP contribution in [0.15, 0.2) is 121 Å². The van der Waals surface area contributed by atoms with E-state index in [2.05, 4.69) is 150 Å². The minimum absolute atomic E-state index is 0.266. The monoisotopic (exact) mass is 484 g/mol. The van der Waals surface area contributed by atoms with E-state index >= 15 is 0 Å². The Balaban J connectivity index is 1.60. The first-order chi connectivity index (χ1) is 16.7. The van der Waals surface area contributed by atoms with Crippen molar-refractivity contribution in [1.82, 2.24) is 10.6 Å². The summed E-state index contributed by atoms with van der Waals surface area (Å²) in [6.45, 7) is 1.65. The lowest BCUT2D eigenvalue weighted by atomic mass is 9.83. The van der Waals surface area contributed by atoms with Gasteiger partial charge in [0, 0.05) is 13.1 Å². The van der Waals surface area contributed by atoms with Crippen molar-refractivity contribution in [2.24, 2.45) is 0 Å². The topological polar surface area (TPSA) is 24.1 Å². The Morgan fingerprint density at radius 1 is 0.412 bits per heavy atom. The highest BCUT2D eigenvalue weighted by Gasteiger charge is 2.34. The van der Waals surface area contributed by atoms with E-state index in [9.17, 15) is 0 Å². The van der Waals surface area contributed by atoms with Crippen LogP contribution in [-0.4, -0.2) is 25.4 Å². The molecule has 2 unspecified atom stereocenters. The SMILES string of the molecule is PCC(NCCNC(CP)(c1ccccc1)c1ccccc1)(c1ccccc1)c1ccccc1. The van der Waals surface area contributed by atoms with Crippen molar-refractivity contribution in [3.8, 4) is 0 Å². The standard InChI is InChI=1S/C30H34N2P2/c33-23-29(25-13-5-1-6-14-25,26-15-7-2-8-16-26)31-21-22-32-30(24-34,27-17-9-3-10-18-27)28-19-11-4-12-20-28/h1-20,31-32H,21-24,33-34H2. The van der Waals surface area contributed by atoms with E-state index in [0.717, 1.165) is 25.4 Å². The van der Waals surface area contributed by atoms with Crippen molar-refractivity contribution in [3.63, 3.8) is 0 Å². The Labute approximate surface area is 209 Å². The number of hydrogen-bond donors (Lipinski definition) is 2. The molecule has 0 heterocycles. The highest BCUT2D eigenvalue weighted by atomic mass is 31.0. The van der Waals surface area contributed by atoms with Gasteiger partial charge in [0.15, 0.2) is 0 Å². The van der Waals surface area contributed by atoms with E-state index in [4.69, 9.17) is 0 Å². The molecule has 0 aromatic heterocycles. The summed E-state index contributed by atoms with van der Waals surface area (Å²) in [4.78, 5) is 0. The van der Waals surface area contributed by atoms with Crippen molar-refractivity contribution in [2.75, 3.05) is 25.4 Å². The fraction of sp³-hybridized carbons (Fsp3) is 0.200. The van der Waals surface area contributed by atoms with Crippen molar-refractivity contribution in [1.29, 1.82) is 0 Å². The molecule has 4 rings (SSSR count). The maximum Gasteiger partial charge on any atom is 0.0725 e. The van der Waals surface area contributed by atoms with Gasteiger partial charge in [-0.15, -0.1) is 18.5 Å². The third-order valence-corrected chi connectivity index (χ3v) is 7.88. The maximum atomic E-state index is 3.92. The molecule has 174 valence electrons. The van der Waals surface area contributed by atoms with Crippen molar-refractivity contribution < 1.29 is 0 Å². The molecule has 0 fully saturated rings. The van der Waals surface area contributed by atoms with Gasteiger partial charge in [0.25, 0.3) is 0 Å². The van der Waals surface area contributed by atoms with Crippen LogP contribution in [0.25, 0.3) is 0 Å². The normalized spacial score (nSPS) is 11.9. The van der Waals surface area contributed by atoms with Crippen LogP contribution < -0.4 is 10.6 Å². The molecule has 0 spiro atoms. The molecule has 4 aromatic rings. The molecule has 0 bridgehead atoms. The largest absolute Gasteiger partial charge is 0.302 e. The second-order valence-corrected chi connectivity index (χ2v) is 9.35. The minimum Gasteiger partial charge on any atom is -0.302 e. The molecular weight excluding hydrogens is 450 g/mol. The zero-order chi connectivity index (χ0) is 23.7. The van der Waals surface area contributed by atoms with Crippen LogP contribution in [-0.2, 0) is 11.1 Å². The first-order valence-corrected chi connectivity index (χ1v) is 13.5. The van der Waals surface area contributed by atoms with Crippen LogP contribution in [0.1, 0.15) is 22.3 Å². The van der Waals surface area contributed by atoms with Gasteiger partial charge in [-0.2, -0.15) is 0 Å². The molecule has 2 nitrogen and oxygen atoms in total. The lowest BCUT2D eigenvalue weighted by Gasteiger charge is -2.38. The van der Waals surface area contributed by atoms with Gasteiger partial charge >= 0.3 is 0 Å². The summed E-state index contributed by atoms with van der Waals surface area (Å²) in [6, 6.07) is 43.1. The fourth-order valence-corrected chi connectivity index (χ4v) is 6.03. The van der Waals surface area contributed by atoms with Crippen molar-refractivity contribution in [3.05, 3.63) is 144 Å². The Hall–Kier alpha value is -2.34. The summed E-state index contributed by atoms with van der Waals surface area (Å²) in [7, 11) is 5.93. The van der Waals surface area contributed by atoms with Gasteiger partial charge in [0.1, 0.15) is 0 Å². The molecule has 0 aliphatic rings. The van der Waals surface area contributed by atoms with Gasteiger partial charge < -0.3 is 10.6 Å². The molecule has 0 aliphatic heterocycles. The summed E-state index contributed by atoms with van der Waals surface area (Å²) in [5.74, 6) is 0. The van der Waals surface area contributed by atoms with E-state index in [1.807, 2.05) is 0 Å². The van der Waals surface area contributed by atoms with Crippen LogP contribution in [0, 0.1) is 0 Å². The predicted molar refractivity (Wildman–Crippen MR) is 152 cm³/mol. The quantitative estimate of drug-likeness (QED) is 0.208. The third-order valence-electron chi connectivity index (χ3n) is 6.66. The lowest BCUT2D eigenvalue weighted by Crippen LogP contribution is -2.51. The molecule has 0 amide bonds. The molecule has 4 heteroatoms. The molecule has 0 radical (unpaired) electrons. The van der Waals surface area contributed by atoms with Gasteiger partial charge in [-0.05, 0) is 34.6 Å². The van der Waals surface area contributed by atoms with E-state index in [-0.39, 0.29) is 11.1 Å². The smallest absolute Gasteiger partial charge is 0.0725 e. The lowest BCUT2D eigenvalue weighted by molar-refractivity contribution is 0.397. The number of rotatable bonds is 11. The van der Waals surface area contributed by atoms with Crippen LogP contribution >= 0.6 is 18.5 Å². The second kappa shape index (κ2) is 11.9. The van der Waals surface area contributed by atoms with E-state index in [0.29, 0.717) is 0 Å². The highest BCUT2D eigenvalue weighted by molar-refractivity contribution is 7.16. The molecule has 0 saturated carbocycles. The van der Waals surface area contributed by atoms with Crippen molar-refractivity contribution >= 4 is 18.5 Å². The summed E-state index contributed by atoms with van der Waals surface area (Å²) in [5.41, 5.74) is 4.58. The average molecular weight is 485 g/mol. The zero-order valence-corrected chi connectivity index (χ0v) is 21.8. The summed E-state index contributed by atoms with van der Waals surface area (Å²) in [5, 5.41) is 7.85. The third kappa shape index (κ3) is 5.17. The molecule has 0 saturated heterocycles. The van der Waals surface area contributed by atoms with Crippen LogP contribution in [0.5, 0.6) is 0 Å². The van der Waals surface area contributed by atoms with E-state index in [1.54, 1.807) is 0 Å². The molecule has 0 aliphatic carbocycles. The highest BCUT2D eigenvalue weighted by Crippen LogP contribution is 2.33. The van der Waals surface area contributed by atoms with E-state index < -0.39 is 0 Å². The molecule has 2 atom stereocenters. The second-order valence-electron chi connectivity index (χ2n) is 8.54. The number of nitrogens with one attached hydrogen (secondary N) is 2. The minimum atomic E-state index is -0.266. The van der Waals surface area contributed by atoms with E-state index in [1.165, 1.54) is 22.3 Å². The average Bonchev–Trinajstić information content (AvgIpc) is 2.93. The number of benzene rings is 4. The Morgan fingerprint density at radius 3 is 0.853 bits per heavy atom. The molecule has 34 heavy (non-hydrogen) atoms. The Morgan fingerprint density at radius 2 is 0.647 bits per heavy atom. The first kappa shape index (κ1) is 24.8. The molecular formula is C30H34N2P2.